The summed E-state index contributed by atoms with van der Waals surface area (Å²) in [6.07, 6.45) is -0.299. The summed E-state index contributed by atoms with van der Waals surface area (Å²) in [5, 5.41) is 0.687. The summed E-state index contributed by atoms with van der Waals surface area (Å²) in [6.45, 7) is 11.0. The maximum Gasteiger partial charge on any atom is 0.415 e. The van der Waals surface area contributed by atoms with Crippen LogP contribution in [-0.4, -0.2) is 75.3 Å². The van der Waals surface area contributed by atoms with Gasteiger partial charge in [0, 0.05) is 64.1 Å². The number of nitrogens with zero attached hydrogens (tertiary/aromatic N) is 4. The minimum atomic E-state index is -0.299. The minimum absolute atomic E-state index is 0.299. The number of piperazine rings is 2. The number of carbonyl (C=O) groups excluding carboxylic acids is 1. The van der Waals surface area contributed by atoms with E-state index in [9.17, 15) is 4.79 Å². The largest absolute Gasteiger partial charge is 0.415 e. The Morgan fingerprint density at radius 3 is 2.23 bits per heavy atom. The molecule has 0 bridgehead atoms. The molecule has 2 aliphatic rings. The van der Waals surface area contributed by atoms with Gasteiger partial charge in [-0.1, -0.05) is 23.7 Å². The first-order chi connectivity index (χ1) is 14.9. The van der Waals surface area contributed by atoms with Gasteiger partial charge in [-0.05, 0) is 50.2 Å². The Kier molecular flexibility index (Phi) is 6.58. The number of hydrogen-bond acceptors (Lipinski definition) is 5. The molecule has 0 aliphatic carbocycles. The Hall–Kier alpha value is -2.44. The molecule has 2 aromatic rings. The van der Waals surface area contributed by atoms with E-state index >= 15 is 0 Å². The first-order valence-corrected chi connectivity index (χ1v) is 11.3. The molecule has 0 aromatic heterocycles. The van der Waals surface area contributed by atoms with Gasteiger partial charge in [-0.25, -0.2) is 4.79 Å². The van der Waals surface area contributed by atoms with E-state index < -0.39 is 0 Å². The van der Waals surface area contributed by atoms with Crippen molar-refractivity contribution < 1.29 is 9.53 Å². The lowest BCUT2D eigenvalue weighted by Gasteiger charge is -2.36. The van der Waals surface area contributed by atoms with Crippen molar-refractivity contribution in [1.29, 1.82) is 0 Å². The highest BCUT2D eigenvalue weighted by Crippen LogP contribution is 2.31. The zero-order valence-corrected chi connectivity index (χ0v) is 19.4. The van der Waals surface area contributed by atoms with E-state index in [-0.39, 0.29) is 6.09 Å². The standard InChI is InChI=1S/C24H31ClN4O2/c1-18-5-4-6-22(19(18)2)27-13-15-29(16-14-27)24(30)31-20-7-8-21(25)23(17-20)28-11-9-26(3)10-12-28/h4-8,17H,9-16H2,1-3H3. The number of carbonyl (C=O) groups is 1. The van der Waals surface area contributed by atoms with Crippen molar-refractivity contribution in [1.82, 2.24) is 9.80 Å². The number of amides is 1. The van der Waals surface area contributed by atoms with Crippen molar-refractivity contribution in [2.75, 3.05) is 69.2 Å². The lowest BCUT2D eigenvalue weighted by Crippen LogP contribution is -2.49. The monoisotopic (exact) mass is 442 g/mol. The molecule has 166 valence electrons. The van der Waals surface area contributed by atoms with Crippen molar-refractivity contribution in [2.24, 2.45) is 0 Å². The topological polar surface area (TPSA) is 39.3 Å². The highest BCUT2D eigenvalue weighted by Gasteiger charge is 2.24. The normalized spacial score (nSPS) is 17.7. The van der Waals surface area contributed by atoms with Gasteiger partial charge in [0.25, 0.3) is 0 Å². The molecule has 0 spiro atoms. The molecule has 31 heavy (non-hydrogen) atoms. The van der Waals surface area contributed by atoms with E-state index in [0.717, 1.165) is 45.0 Å². The third kappa shape index (κ3) is 4.91. The van der Waals surface area contributed by atoms with Gasteiger partial charge in [-0.3, -0.25) is 0 Å². The summed E-state index contributed by atoms with van der Waals surface area (Å²) >= 11 is 6.44. The predicted octanol–water partition coefficient (Wildman–Crippen LogP) is 4.03. The van der Waals surface area contributed by atoms with Crippen LogP contribution in [0.4, 0.5) is 16.2 Å². The SMILES string of the molecule is Cc1cccc(N2CCN(C(=O)Oc3ccc(Cl)c(N4CCN(C)CC4)c3)CC2)c1C. The molecule has 6 nitrogen and oxygen atoms in total. The Labute approximate surface area is 189 Å². The summed E-state index contributed by atoms with van der Waals surface area (Å²) < 4.78 is 5.72. The molecule has 2 heterocycles. The fourth-order valence-electron chi connectivity index (χ4n) is 4.22. The first-order valence-electron chi connectivity index (χ1n) is 10.9. The number of benzene rings is 2. The van der Waals surface area contributed by atoms with Crippen molar-refractivity contribution in [3.63, 3.8) is 0 Å². The molecule has 0 radical (unpaired) electrons. The van der Waals surface area contributed by atoms with E-state index in [1.54, 1.807) is 11.0 Å². The van der Waals surface area contributed by atoms with E-state index in [4.69, 9.17) is 16.3 Å². The maximum atomic E-state index is 12.8. The number of likely N-dealkylation sites (N-methyl/N-ethyl adjacent to an activating group) is 1. The number of halogens is 1. The number of aryl methyl sites for hydroxylation is 1. The first kappa shape index (κ1) is 21.8. The summed E-state index contributed by atoms with van der Waals surface area (Å²) in [4.78, 5) is 21.5. The summed E-state index contributed by atoms with van der Waals surface area (Å²) in [5.41, 5.74) is 4.77. The number of rotatable bonds is 3. The highest BCUT2D eigenvalue weighted by atomic mass is 35.5. The average Bonchev–Trinajstić information content (AvgIpc) is 2.78. The Balaban J connectivity index is 1.37. The molecule has 2 fully saturated rings. The Bertz CT molecular complexity index is 935. The molecule has 0 atom stereocenters. The van der Waals surface area contributed by atoms with E-state index in [1.807, 2.05) is 12.1 Å². The fourth-order valence-corrected chi connectivity index (χ4v) is 4.46. The molecular weight excluding hydrogens is 412 g/mol. The van der Waals surface area contributed by atoms with Crippen LogP contribution in [-0.2, 0) is 0 Å². The quantitative estimate of drug-likeness (QED) is 0.717. The van der Waals surface area contributed by atoms with E-state index in [1.165, 1.54) is 16.8 Å². The highest BCUT2D eigenvalue weighted by molar-refractivity contribution is 6.33. The van der Waals surface area contributed by atoms with Crippen molar-refractivity contribution in [3.05, 3.63) is 52.5 Å². The van der Waals surface area contributed by atoms with Gasteiger partial charge in [0.05, 0.1) is 10.7 Å². The lowest BCUT2D eigenvalue weighted by atomic mass is 10.1. The number of anilines is 2. The van der Waals surface area contributed by atoms with Crippen LogP contribution >= 0.6 is 11.6 Å². The fraction of sp³-hybridized carbons (Fsp3) is 0.458. The van der Waals surface area contributed by atoms with Crippen LogP contribution in [0.5, 0.6) is 5.75 Å². The summed E-state index contributed by atoms with van der Waals surface area (Å²) in [6, 6.07) is 11.9. The second kappa shape index (κ2) is 9.37. The number of ether oxygens (including phenoxy) is 1. The molecule has 2 saturated heterocycles. The van der Waals surface area contributed by atoms with Crippen molar-refractivity contribution >= 4 is 29.1 Å². The molecule has 0 unspecified atom stereocenters. The number of hydrogen-bond donors (Lipinski definition) is 0. The van der Waals surface area contributed by atoms with Gasteiger partial charge in [-0.2, -0.15) is 0 Å². The van der Waals surface area contributed by atoms with Gasteiger partial charge in [-0.15, -0.1) is 0 Å². The third-order valence-electron chi connectivity index (χ3n) is 6.42. The maximum absolute atomic E-state index is 12.8. The van der Waals surface area contributed by atoms with Crippen LogP contribution in [0.3, 0.4) is 0 Å². The molecular formula is C24H31ClN4O2. The second-order valence-corrected chi connectivity index (χ2v) is 8.87. The predicted molar refractivity (Wildman–Crippen MR) is 127 cm³/mol. The summed E-state index contributed by atoms with van der Waals surface area (Å²) in [7, 11) is 2.12. The van der Waals surface area contributed by atoms with Crippen molar-refractivity contribution in [3.8, 4) is 5.75 Å². The van der Waals surface area contributed by atoms with Crippen LogP contribution in [0, 0.1) is 13.8 Å². The molecule has 2 aliphatic heterocycles. The van der Waals surface area contributed by atoms with Crippen LogP contribution in [0.2, 0.25) is 5.02 Å². The van der Waals surface area contributed by atoms with Crippen LogP contribution in [0.15, 0.2) is 36.4 Å². The molecule has 0 N–H and O–H groups in total. The molecule has 1 amide bonds. The minimum Gasteiger partial charge on any atom is -0.410 e. The Morgan fingerprint density at radius 1 is 0.871 bits per heavy atom. The molecule has 2 aromatic carbocycles. The lowest BCUT2D eigenvalue weighted by molar-refractivity contribution is 0.149. The van der Waals surface area contributed by atoms with Crippen LogP contribution in [0.25, 0.3) is 0 Å². The molecule has 4 rings (SSSR count). The molecule has 7 heteroatoms. The van der Waals surface area contributed by atoms with Gasteiger partial charge >= 0.3 is 6.09 Å². The van der Waals surface area contributed by atoms with Crippen LogP contribution < -0.4 is 14.5 Å². The van der Waals surface area contributed by atoms with Gasteiger partial charge in [0.1, 0.15) is 5.75 Å². The van der Waals surface area contributed by atoms with Crippen molar-refractivity contribution in [2.45, 2.75) is 13.8 Å². The smallest absolute Gasteiger partial charge is 0.410 e. The zero-order chi connectivity index (χ0) is 22.0. The van der Waals surface area contributed by atoms with Crippen LogP contribution in [0.1, 0.15) is 11.1 Å². The third-order valence-corrected chi connectivity index (χ3v) is 6.74. The van der Waals surface area contributed by atoms with Gasteiger partial charge < -0.3 is 24.3 Å². The van der Waals surface area contributed by atoms with E-state index in [2.05, 4.69) is 53.8 Å². The summed E-state index contributed by atoms with van der Waals surface area (Å²) in [5.74, 6) is 0.542. The zero-order valence-electron chi connectivity index (χ0n) is 18.6. The van der Waals surface area contributed by atoms with Gasteiger partial charge in [0.15, 0.2) is 0 Å². The Morgan fingerprint density at radius 2 is 1.52 bits per heavy atom. The average molecular weight is 443 g/mol. The van der Waals surface area contributed by atoms with Gasteiger partial charge in [0.2, 0.25) is 0 Å². The molecule has 0 saturated carbocycles. The van der Waals surface area contributed by atoms with E-state index in [0.29, 0.717) is 23.9 Å². The second-order valence-electron chi connectivity index (χ2n) is 8.46.